The molecule has 1 fully saturated rings. The van der Waals surface area contributed by atoms with Gasteiger partial charge in [0.25, 0.3) is 5.91 Å². The third-order valence-electron chi connectivity index (χ3n) is 5.71. The molecule has 156 valence electrons. The number of benzene rings is 2. The first kappa shape index (κ1) is 19.0. The summed E-state index contributed by atoms with van der Waals surface area (Å²) >= 11 is 0. The Labute approximate surface area is 178 Å². The van der Waals surface area contributed by atoms with Gasteiger partial charge in [0.1, 0.15) is 11.7 Å². The highest BCUT2D eigenvalue weighted by molar-refractivity contribution is 6.05. The van der Waals surface area contributed by atoms with E-state index in [1.165, 1.54) is 4.90 Å². The minimum atomic E-state index is -0.626. The normalized spacial score (nSPS) is 18.2. The Balaban J connectivity index is 1.40. The number of rotatable bonds is 4. The Morgan fingerprint density at radius 3 is 2.81 bits per heavy atom. The third kappa shape index (κ3) is 3.33. The van der Waals surface area contributed by atoms with E-state index in [0.717, 1.165) is 28.2 Å². The van der Waals surface area contributed by atoms with Gasteiger partial charge in [0, 0.05) is 36.8 Å². The van der Waals surface area contributed by atoms with E-state index < -0.39 is 11.9 Å². The average Bonchev–Trinajstić information content (AvgIpc) is 3.39. The van der Waals surface area contributed by atoms with Crippen LogP contribution in [-0.4, -0.2) is 50.7 Å². The molecule has 0 bridgehead atoms. The molecule has 0 saturated carbocycles. The molecule has 9 heteroatoms. The highest BCUT2D eigenvalue weighted by Crippen LogP contribution is 2.29. The van der Waals surface area contributed by atoms with Crippen LogP contribution < -0.4 is 10.6 Å². The lowest BCUT2D eigenvalue weighted by atomic mass is 10.0. The van der Waals surface area contributed by atoms with Gasteiger partial charge >= 0.3 is 0 Å². The first-order chi connectivity index (χ1) is 15.0. The van der Waals surface area contributed by atoms with Crippen LogP contribution in [0.1, 0.15) is 28.8 Å². The van der Waals surface area contributed by atoms with Crippen LogP contribution in [0.2, 0.25) is 0 Å². The molecule has 1 saturated heterocycles. The zero-order valence-corrected chi connectivity index (χ0v) is 16.8. The van der Waals surface area contributed by atoms with Gasteiger partial charge in [-0.3, -0.25) is 19.7 Å². The smallest absolute Gasteiger partial charge is 0.255 e. The number of fused-ring (bicyclic) bond motifs is 1. The predicted octanol–water partition coefficient (Wildman–Crippen LogP) is 1.74. The summed E-state index contributed by atoms with van der Waals surface area (Å²) in [6.45, 7) is 0.319. The standard InChI is InChI=1S/C22H20N6O3/c1-23-15-4-2-3-13(9-15)18-12-28(26-25-18)16-5-6-17-14(10-16)11-27(22(17)31)19-7-8-20(29)24-21(19)30/h2-6,9-10,12,19,23H,7-8,11H2,1H3,(H,24,29,30). The number of nitrogens with zero attached hydrogens (tertiary/aromatic N) is 4. The fourth-order valence-electron chi connectivity index (χ4n) is 4.06. The number of hydrogen-bond acceptors (Lipinski definition) is 6. The van der Waals surface area contributed by atoms with E-state index in [0.29, 0.717) is 18.5 Å². The van der Waals surface area contributed by atoms with Crippen LogP contribution >= 0.6 is 0 Å². The number of imide groups is 1. The van der Waals surface area contributed by atoms with E-state index >= 15 is 0 Å². The maximum atomic E-state index is 12.8. The molecule has 3 aromatic rings. The van der Waals surface area contributed by atoms with E-state index in [9.17, 15) is 14.4 Å². The van der Waals surface area contributed by atoms with Crippen molar-refractivity contribution in [2.75, 3.05) is 12.4 Å². The highest BCUT2D eigenvalue weighted by Gasteiger charge is 2.39. The fourth-order valence-corrected chi connectivity index (χ4v) is 4.06. The van der Waals surface area contributed by atoms with Crippen LogP contribution in [0, 0.1) is 0 Å². The van der Waals surface area contributed by atoms with Crippen molar-refractivity contribution in [3.63, 3.8) is 0 Å². The van der Waals surface area contributed by atoms with Crippen LogP contribution in [-0.2, 0) is 16.1 Å². The molecule has 2 aliphatic heterocycles. The Kier molecular flexibility index (Phi) is 4.50. The SMILES string of the molecule is CNc1cccc(-c2cn(-c3ccc4c(c3)CN(C3CCC(=O)NC3=O)C4=O)nn2)c1. The van der Waals surface area contributed by atoms with Gasteiger partial charge in [-0.2, -0.15) is 0 Å². The van der Waals surface area contributed by atoms with Gasteiger partial charge in [-0.15, -0.1) is 5.10 Å². The molecule has 31 heavy (non-hydrogen) atoms. The summed E-state index contributed by atoms with van der Waals surface area (Å²) < 4.78 is 1.67. The first-order valence-electron chi connectivity index (χ1n) is 10.0. The minimum Gasteiger partial charge on any atom is -0.388 e. The Morgan fingerprint density at radius 1 is 1.13 bits per heavy atom. The van der Waals surface area contributed by atoms with Crippen molar-refractivity contribution < 1.29 is 14.4 Å². The maximum absolute atomic E-state index is 12.8. The maximum Gasteiger partial charge on any atom is 0.255 e. The summed E-state index contributed by atoms with van der Waals surface area (Å²) in [6.07, 6.45) is 2.42. The van der Waals surface area contributed by atoms with Crippen molar-refractivity contribution in [2.24, 2.45) is 0 Å². The van der Waals surface area contributed by atoms with Gasteiger partial charge in [0.2, 0.25) is 11.8 Å². The van der Waals surface area contributed by atoms with Crippen LogP contribution in [0.3, 0.4) is 0 Å². The number of aromatic nitrogens is 3. The number of nitrogens with one attached hydrogen (secondary N) is 2. The van der Waals surface area contributed by atoms with Crippen molar-refractivity contribution >= 4 is 23.4 Å². The molecule has 3 amide bonds. The van der Waals surface area contributed by atoms with Crippen LogP contribution in [0.15, 0.2) is 48.7 Å². The van der Waals surface area contributed by atoms with Crippen molar-refractivity contribution in [3.05, 3.63) is 59.8 Å². The molecular weight excluding hydrogens is 396 g/mol. The summed E-state index contributed by atoms with van der Waals surface area (Å²) in [5, 5.41) is 13.9. The summed E-state index contributed by atoms with van der Waals surface area (Å²) in [5.41, 5.74) is 4.83. The highest BCUT2D eigenvalue weighted by atomic mass is 16.2. The van der Waals surface area contributed by atoms with Crippen molar-refractivity contribution in [1.82, 2.24) is 25.2 Å². The van der Waals surface area contributed by atoms with E-state index in [2.05, 4.69) is 20.9 Å². The second-order valence-electron chi connectivity index (χ2n) is 7.62. The Morgan fingerprint density at radius 2 is 2.00 bits per heavy atom. The van der Waals surface area contributed by atoms with Gasteiger partial charge in [-0.1, -0.05) is 17.3 Å². The lowest BCUT2D eigenvalue weighted by molar-refractivity contribution is -0.136. The zero-order valence-electron chi connectivity index (χ0n) is 16.8. The van der Waals surface area contributed by atoms with Crippen molar-refractivity contribution in [1.29, 1.82) is 0 Å². The molecule has 0 spiro atoms. The van der Waals surface area contributed by atoms with Gasteiger partial charge in [0.15, 0.2) is 0 Å². The second-order valence-corrected chi connectivity index (χ2v) is 7.62. The molecule has 0 radical (unpaired) electrons. The molecule has 3 heterocycles. The van der Waals surface area contributed by atoms with E-state index in [4.69, 9.17) is 0 Å². The van der Waals surface area contributed by atoms with E-state index in [1.807, 2.05) is 49.6 Å². The van der Waals surface area contributed by atoms with Crippen LogP contribution in [0.4, 0.5) is 5.69 Å². The summed E-state index contributed by atoms with van der Waals surface area (Å²) in [6, 6.07) is 12.7. The fraction of sp³-hybridized carbons (Fsp3) is 0.227. The molecule has 1 aromatic heterocycles. The largest absolute Gasteiger partial charge is 0.388 e. The lowest BCUT2D eigenvalue weighted by Crippen LogP contribution is -2.52. The molecule has 2 aliphatic rings. The molecule has 1 atom stereocenters. The number of amides is 3. The van der Waals surface area contributed by atoms with Gasteiger partial charge in [0.05, 0.1) is 11.9 Å². The number of anilines is 1. The number of piperidine rings is 1. The monoisotopic (exact) mass is 416 g/mol. The van der Waals surface area contributed by atoms with Gasteiger partial charge in [-0.25, -0.2) is 4.68 Å². The summed E-state index contributed by atoms with van der Waals surface area (Å²) in [5.74, 6) is -0.906. The van der Waals surface area contributed by atoms with Crippen LogP contribution in [0.25, 0.3) is 16.9 Å². The molecule has 1 unspecified atom stereocenters. The molecule has 0 aliphatic carbocycles. The third-order valence-corrected chi connectivity index (χ3v) is 5.71. The minimum absolute atomic E-state index is 0.195. The second kappa shape index (κ2) is 7.35. The van der Waals surface area contributed by atoms with E-state index in [-0.39, 0.29) is 18.2 Å². The molecular formula is C22H20N6O3. The van der Waals surface area contributed by atoms with Gasteiger partial charge in [-0.05, 0) is 42.3 Å². The topological polar surface area (TPSA) is 109 Å². The lowest BCUT2D eigenvalue weighted by Gasteiger charge is -2.29. The molecule has 5 rings (SSSR count). The van der Waals surface area contributed by atoms with Crippen molar-refractivity contribution in [3.8, 4) is 16.9 Å². The summed E-state index contributed by atoms with van der Waals surface area (Å²) in [4.78, 5) is 38.0. The van der Waals surface area contributed by atoms with Crippen molar-refractivity contribution in [2.45, 2.75) is 25.4 Å². The summed E-state index contributed by atoms with van der Waals surface area (Å²) in [7, 11) is 1.86. The number of carbonyl (C=O) groups is 3. The van der Waals surface area contributed by atoms with E-state index in [1.54, 1.807) is 10.7 Å². The Hall–Kier alpha value is -4.01. The first-order valence-corrected chi connectivity index (χ1v) is 10.0. The zero-order chi connectivity index (χ0) is 21.5. The Bertz CT molecular complexity index is 1220. The number of carbonyl (C=O) groups excluding carboxylic acids is 3. The molecule has 9 nitrogen and oxygen atoms in total. The number of hydrogen-bond donors (Lipinski definition) is 2. The molecule has 2 aromatic carbocycles. The average molecular weight is 416 g/mol. The predicted molar refractivity (Wildman–Crippen MR) is 112 cm³/mol. The molecule has 2 N–H and O–H groups in total. The van der Waals surface area contributed by atoms with Crippen LogP contribution in [0.5, 0.6) is 0 Å². The van der Waals surface area contributed by atoms with Gasteiger partial charge < -0.3 is 10.2 Å². The quantitative estimate of drug-likeness (QED) is 0.627.